The van der Waals surface area contributed by atoms with E-state index >= 15 is 0 Å². The average Bonchev–Trinajstić information content (AvgIpc) is 3.00. The highest BCUT2D eigenvalue weighted by molar-refractivity contribution is 5.66. The molecule has 28 heavy (non-hydrogen) atoms. The van der Waals surface area contributed by atoms with Crippen LogP contribution in [0.15, 0.2) is 12.1 Å². The molecule has 0 unspecified atom stereocenters. The first-order valence-electron chi connectivity index (χ1n) is 10.9. The molecule has 0 atom stereocenters. The zero-order valence-corrected chi connectivity index (χ0v) is 17.0. The number of unbranched alkanes of at least 4 members (excludes halogenated alkanes) is 3. The van der Waals surface area contributed by atoms with Crippen LogP contribution in [-0.2, 0) is 10.2 Å². The van der Waals surface area contributed by atoms with Gasteiger partial charge in [0, 0.05) is 23.5 Å². The fraction of sp³-hybridized carbons (Fsp3) is 0.696. The molecule has 1 aliphatic heterocycles. The van der Waals surface area contributed by atoms with E-state index in [2.05, 4.69) is 6.92 Å². The highest BCUT2D eigenvalue weighted by Gasteiger charge is 2.44. The van der Waals surface area contributed by atoms with Gasteiger partial charge in [-0.05, 0) is 56.9 Å². The average molecular weight is 393 g/mol. The molecule has 4 nitrogen and oxygen atoms in total. The van der Waals surface area contributed by atoms with E-state index in [0.717, 1.165) is 62.7 Å². The number of hydrogen-bond acceptors (Lipinski definition) is 3. The standard InChI is InChI=1S/C23H33FO4/c1-2-3-4-5-13-27-21-15-20-18(14-19(21)24)23(16-28-20)11-9-17(10-12-23)7-6-8-22(25)26/h14-15,17H,2-13,16H2,1H3,(H,25,26). The molecular formula is C23H33FO4. The lowest BCUT2D eigenvalue weighted by molar-refractivity contribution is -0.137. The lowest BCUT2D eigenvalue weighted by Gasteiger charge is -2.36. The van der Waals surface area contributed by atoms with Crippen LogP contribution in [-0.4, -0.2) is 24.3 Å². The maximum absolute atomic E-state index is 14.6. The zero-order chi connectivity index (χ0) is 20.0. The normalized spacial score (nSPS) is 23.4. The number of carboxylic acid groups (broad SMARTS) is 1. The van der Waals surface area contributed by atoms with Crippen molar-refractivity contribution in [3.05, 3.63) is 23.5 Å². The van der Waals surface area contributed by atoms with Gasteiger partial charge in [-0.15, -0.1) is 0 Å². The largest absolute Gasteiger partial charge is 0.492 e. The number of benzene rings is 1. The maximum Gasteiger partial charge on any atom is 0.303 e. The van der Waals surface area contributed by atoms with Gasteiger partial charge in [-0.3, -0.25) is 4.79 Å². The number of carboxylic acids is 1. The highest BCUT2D eigenvalue weighted by Crippen LogP contribution is 2.51. The molecule has 0 radical (unpaired) electrons. The summed E-state index contributed by atoms with van der Waals surface area (Å²) in [6, 6.07) is 3.37. The van der Waals surface area contributed by atoms with Crippen molar-refractivity contribution >= 4 is 5.97 Å². The third kappa shape index (κ3) is 4.98. The lowest BCUT2D eigenvalue weighted by atomic mass is 9.67. The summed E-state index contributed by atoms with van der Waals surface area (Å²) in [4.78, 5) is 10.7. The molecule has 1 heterocycles. The van der Waals surface area contributed by atoms with Crippen LogP contribution in [0.3, 0.4) is 0 Å². The van der Waals surface area contributed by atoms with Crippen LogP contribution in [0.4, 0.5) is 4.39 Å². The molecule has 0 saturated heterocycles. The molecule has 1 aliphatic carbocycles. The minimum Gasteiger partial charge on any atom is -0.492 e. The molecule has 1 saturated carbocycles. The molecule has 3 rings (SSSR count). The number of rotatable bonds is 10. The summed E-state index contributed by atoms with van der Waals surface area (Å²) in [6.45, 7) is 3.32. The predicted octanol–water partition coefficient (Wildman–Crippen LogP) is 5.86. The Morgan fingerprint density at radius 1 is 1.25 bits per heavy atom. The Labute approximate surface area is 167 Å². The first kappa shape index (κ1) is 20.9. The van der Waals surface area contributed by atoms with Gasteiger partial charge >= 0.3 is 5.97 Å². The second-order valence-electron chi connectivity index (χ2n) is 8.49. The summed E-state index contributed by atoms with van der Waals surface area (Å²) in [5.41, 5.74) is 0.909. The lowest BCUT2D eigenvalue weighted by Crippen LogP contribution is -2.33. The van der Waals surface area contributed by atoms with Gasteiger partial charge in [-0.1, -0.05) is 26.2 Å². The monoisotopic (exact) mass is 392 g/mol. The van der Waals surface area contributed by atoms with Crippen molar-refractivity contribution in [2.45, 2.75) is 83.0 Å². The Kier molecular flexibility index (Phi) is 7.19. The minimum absolute atomic E-state index is 0.0842. The smallest absolute Gasteiger partial charge is 0.303 e. The third-order valence-electron chi connectivity index (χ3n) is 6.43. The molecule has 1 spiro atoms. The molecule has 1 N–H and O–H groups in total. The highest BCUT2D eigenvalue weighted by atomic mass is 19.1. The van der Waals surface area contributed by atoms with Crippen molar-refractivity contribution in [1.82, 2.24) is 0 Å². The van der Waals surface area contributed by atoms with Crippen molar-refractivity contribution in [3.8, 4) is 11.5 Å². The quantitative estimate of drug-likeness (QED) is 0.507. The molecular weight excluding hydrogens is 359 g/mol. The van der Waals surface area contributed by atoms with Crippen LogP contribution in [0.2, 0.25) is 0 Å². The number of fused-ring (bicyclic) bond motifs is 2. The third-order valence-corrected chi connectivity index (χ3v) is 6.43. The number of carbonyl (C=O) groups is 1. The van der Waals surface area contributed by atoms with Crippen molar-refractivity contribution in [3.63, 3.8) is 0 Å². The van der Waals surface area contributed by atoms with Gasteiger partial charge in [-0.25, -0.2) is 4.39 Å². The Balaban J connectivity index is 1.57. The van der Waals surface area contributed by atoms with Crippen molar-refractivity contribution in [1.29, 1.82) is 0 Å². The predicted molar refractivity (Wildman–Crippen MR) is 107 cm³/mol. The molecule has 0 amide bonds. The number of aliphatic carboxylic acids is 1. The Morgan fingerprint density at radius 3 is 2.75 bits per heavy atom. The van der Waals surface area contributed by atoms with Gasteiger partial charge in [0.15, 0.2) is 11.6 Å². The second kappa shape index (κ2) is 9.62. The minimum atomic E-state index is -0.718. The first-order valence-corrected chi connectivity index (χ1v) is 10.9. The summed E-state index contributed by atoms with van der Waals surface area (Å²) in [5, 5.41) is 8.80. The topological polar surface area (TPSA) is 55.8 Å². The van der Waals surface area contributed by atoms with E-state index in [1.54, 1.807) is 12.1 Å². The summed E-state index contributed by atoms with van der Waals surface area (Å²) in [6.07, 6.45) is 10.4. The van der Waals surface area contributed by atoms with Crippen LogP contribution in [0, 0.1) is 11.7 Å². The van der Waals surface area contributed by atoms with Crippen LogP contribution >= 0.6 is 0 Å². The fourth-order valence-corrected chi connectivity index (χ4v) is 4.66. The number of halogens is 1. The number of hydrogen-bond donors (Lipinski definition) is 1. The summed E-state index contributed by atoms with van der Waals surface area (Å²) in [7, 11) is 0. The van der Waals surface area contributed by atoms with Crippen LogP contribution in [0.5, 0.6) is 11.5 Å². The molecule has 5 heteroatoms. The van der Waals surface area contributed by atoms with E-state index in [1.807, 2.05) is 0 Å². The first-order chi connectivity index (χ1) is 13.5. The van der Waals surface area contributed by atoms with E-state index in [4.69, 9.17) is 14.6 Å². The molecule has 0 aromatic heterocycles. The van der Waals surface area contributed by atoms with Gasteiger partial charge in [-0.2, -0.15) is 0 Å². The van der Waals surface area contributed by atoms with Crippen LogP contribution < -0.4 is 9.47 Å². The Bertz CT molecular complexity index is 665. The van der Waals surface area contributed by atoms with Crippen LogP contribution in [0.1, 0.15) is 83.1 Å². The van der Waals surface area contributed by atoms with E-state index in [9.17, 15) is 9.18 Å². The van der Waals surface area contributed by atoms with E-state index in [1.165, 1.54) is 12.8 Å². The molecule has 1 aromatic carbocycles. The van der Waals surface area contributed by atoms with E-state index < -0.39 is 5.97 Å². The Hall–Kier alpha value is -1.78. The van der Waals surface area contributed by atoms with E-state index in [0.29, 0.717) is 24.9 Å². The van der Waals surface area contributed by atoms with Crippen molar-refractivity contribution in [2.75, 3.05) is 13.2 Å². The zero-order valence-electron chi connectivity index (χ0n) is 17.0. The van der Waals surface area contributed by atoms with Crippen molar-refractivity contribution < 1.29 is 23.8 Å². The van der Waals surface area contributed by atoms with Gasteiger partial charge in [0.25, 0.3) is 0 Å². The molecule has 0 bridgehead atoms. The van der Waals surface area contributed by atoms with Gasteiger partial charge in [0.05, 0.1) is 13.2 Å². The molecule has 1 fully saturated rings. The van der Waals surface area contributed by atoms with E-state index in [-0.39, 0.29) is 17.7 Å². The molecule has 2 aliphatic rings. The van der Waals surface area contributed by atoms with Gasteiger partial charge in [0.1, 0.15) is 5.75 Å². The summed E-state index contributed by atoms with van der Waals surface area (Å²) in [5.74, 6) is 0.639. The fourth-order valence-electron chi connectivity index (χ4n) is 4.66. The summed E-state index contributed by atoms with van der Waals surface area (Å²) >= 11 is 0. The number of ether oxygens (including phenoxy) is 2. The second-order valence-corrected chi connectivity index (χ2v) is 8.49. The Morgan fingerprint density at radius 2 is 2.04 bits per heavy atom. The molecule has 156 valence electrons. The SMILES string of the molecule is CCCCCCOc1cc2c(cc1F)C1(CCC(CCCC(=O)O)CC1)CO2. The van der Waals surface area contributed by atoms with Crippen molar-refractivity contribution in [2.24, 2.45) is 5.92 Å². The van der Waals surface area contributed by atoms with Crippen LogP contribution in [0.25, 0.3) is 0 Å². The van der Waals surface area contributed by atoms with Gasteiger partial charge in [0.2, 0.25) is 0 Å². The molecule has 1 aromatic rings. The summed E-state index contributed by atoms with van der Waals surface area (Å²) < 4.78 is 26.3. The maximum atomic E-state index is 14.6. The van der Waals surface area contributed by atoms with Gasteiger partial charge < -0.3 is 14.6 Å².